The molecule has 19 heavy (non-hydrogen) atoms. The van der Waals surface area contributed by atoms with Gasteiger partial charge in [-0.2, -0.15) is 5.10 Å². The quantitative estimate of drug-likeness (QED) is 0.752. The first-order chi connectivity index (χ1) is 8.82. The summed E-state index contributed by atoms with van der Waals surface area (Å²) in [5, 5.41) is 3.95. The van der Waals surface area contributed by atoms with Gasteiger partial charge in [0.25, 0.3) is 5.91 Å². The molecule has 0 aliphatic rings. The molecule has 0 spiro atoms. The smallest absolute Gasteiger partial charge is 0.267 e. The third kappa shape index (κ3) is 2.26. The molecule has 0 aliphatic carbocycles. The van der Waals surface area contributed by atoms with Crippen molar-refractivity contribution in [2.24, 2.45) is 0 Å². The summed E-state index contributed by atoms with van der Waals surface area (Å²) in [5.74, 6) is -3.07. The number of halogens is 3. The fourth-order valence-corrected chi connectivity index (χ4v) is 1.98. The predicted octanol–water partition coefficient (Wildman–Crippen LogP) is 3.43. The Labute approximate surface area is 113 Å². The Morgan fingerprint density at radius 3 is 2.37 bits per heavy atom. The van der Waals surface area contributed by atoms with E-state index in [0.717, 1.165) is 10.7 Å². The van der Waals surface area contributed by atoms with Crippen LogP contribution in [-0.2, 0) is 0 Å². The largest absolute Gasteiger partial charge is 0.281 e. The Morgan fingerprint density at radius 1 is 1.21 bits per heavy atom. The number of nitrogens with zero attached hydrogens (tertiary/aromatic N) is 2. The number of hydrogen-bond acceptors (Lipinski definition) is 2. The minimum absolute atomic E-state index is 0.00350. The molecule has 6 heteroatoms. The highest BCUT2D eigenvalue weighted by molar-refractivity contribution is 6.31. The zero-order chi connectivity index (χ0) is 14.3. The fourth-order valence-electron chi connectivity index (χ4n) is 1.79. The van der Waals surface area contributed by atoms with E-state index in [9.17, 15) is 13.6 Å². The molecule has 0 fully saturated rings. The fraction of sp³-hybridized carbons (Fsp3) is 0.231. The van der Waals surface area contributed by atoms with Crippen LogP contribution in [0.25, 0.3) is 0 Å². The summed E-state index contributed by atoms with van der Waals surface area (Å²) in [5.41, 5.74) is 0.701. The van der Waals surface area contributed by atoms with Gasteiger partial charge >= 0.3 is 0 Å². The van der Waals surface area contributed by atoms with Crippen LogP contribution in [0.1, 0.15) is 27.3 Å². The number of aryl methyl sites for hydroxylation is 2. The van der Waals surface area contributed by atoms with Crippen LogP contribution in [0.3, 0.4) is 0 Å². The second-order valence-electron chi connectivity index (χ2n) is 4.30. The first kappa shape index (κ1) is 13.7. The summed E-state index contributed by atoms with van der Waals surface area (Å²) in [6, 6.07) is 2.79. The van der Waals surface area contributed by atoms with Crippen molar-refractivity contribution in [3.05, 3.63) is 51.3 Å². The van der Waals surface area contributed by atoms with Crippen LogP contribution >= 0.6 is 11.6 Å². The Morgan fingerprint density at radius 2 is 1.84 bits per heavy atom. The van der Waals surface area contributed by atoms with Gasteiger partial charge < -0.3 is 0 Å². The number of carbonyl (C=O) groups excluding carboxylic acids is 1. The molecular weight excluding hydrogens is 274 g/mol. The molecule has 2 aromatic rings. The van der Waals surface area contributed by atoms with Gasteiger partial charge in [0.1, 0.15) is 0 Å². The minimum Gasteiger partial charge on any atom is -0.267 e. The van der Waals surface area contributed by atoms with Gasteiger partial charge in [-0.3, -0.25) is 4.79 Å². The maximum atomic E-state index is 13.8. The molecule has 0 amide bonds. The van der Waals surface area contributed by atoms with Crippen molar-refractivity contribution in [3.8, 4) is 0 Å². The van der Waals surface area contributed by atoms with Crippen molar-refractivity contribution in [3.63, 3.8) is 0 Å². The van der Waals surface area contributed by atoms with Gasteiger partial charge in [0.15, 0.2) is 11.6 Å². The van der Waals surface area contributed by atoms with E-state index in [1.165, 1.54) is 6.92 Å². The molecule has 2 rings (SSSR count). The van der Waals surface area contributed by atoms with Crippen molar-refractivity contribution in [1.82, 2.24) is 9.78 Å². The van der Waals surface area contributed by atoms with Crippen molar-refractivity contribution in [2.75, 3.05) is 0 Å². The number of carbonyl (C=O) groups is 1. The molecule has 3 nitrogen and oxygen atoms in total. The highest BCUT2D eigenvalue weighted by Crippen LogP contribution is 2.25. The molecule has 100 valence electrons. The van der Waals surface area contributed by atoms with E-state index < -0.39 is 23.1 Å². The monoisotopic (exact) mass is 284 g/mol. The van der Waals surface area contributed by atoms with Crippen LogP contribution in [0.15, 0.2) is 12.1 Å². The SMILES string of the molecule is Cc1cc(C)n(C(=O)c2cc(Cl)c(C)c(F)c2F)n1. The van der Waals surface area contributed by atoms with E-state index in [1.54, 1.807) is 19.9 Å². The average molecular weight is 285 g/mol. The number of hydrogen-bond donors (Lipinski definition) is 0. The van der Waals surface area contributed by atoms with Crippen LogP contribution in [0, 0.1) is 32.4 Å². The van der Waals surface area contributed by atoms with Crippen LogP contribution in [0.5, 0.6) is 0 Å². The Hall–Kier alpha value is -1.75. The van der Waals surface area contributed by atoms with Gasteiger partial charge in [-0.25, -0.2) is 13.5 Å². The lowest BCUT2D eigenvalue weighted by atomic mass is 10.1. The van der Waals surface area contributed by atoms with Gasteiger partial charge in [-0.1, -0.05) is 11.6 Å². The summed E-state index contributed by atoms with van der Waals surface area (Å²) in [6.45, 7) is 4.70. The predicted molar refractivity (Wildman–Crippen MR) is 67.5 cm³/mol. The molecule has 0 saturated heterocycles. The van der Waals surface area contributed by atoms with Gasteiger partial charge in [0.2, 0.25) is 0 Å². The Bertz CT molecular complexity index is 680. The molecule has 0 unspecified atom stereocenters. The Balaban J connectivity index is 2.60. The van der Waals surface area contributed by atoms with E-state index in [0.29, 0.717) is 11.4 Å². The van der Waals surface area contributed by atoms with E-state index in [2.05, 4.69) is 5.10 Å². The van der Waals surface area contributed by atoms with E-state index in [4.69, 9.17) is 11.6 Å². The van der Waals surface area contributed by atoms with Crippen LogP contribution in [-0.4, -0.2) is 15.7 Å². The summed E-state index contributed by atoms with van der Waals surface area (Å²) < 4.78 is 28.4. The highest BCUT2D eigenvalue weighted by atomic mass is 35.5. The van der Waals surface area contributed by atoms with Gasteiger partial charge in [0.05, 0.1) is 11.3 Å². The molecule has 0 radical (unpaired) electrons. The molecule has 0 bridgehead atoms. The lowest BCUT2D eigenvalue weighted by molar-refractivity contribution is 0.0937. The lowest BCUT2D eigenvalue weighted by Crippen LogP contribution is -2.18. The van der Waals surface area contributed by atoms with Crippen LogP contribution < -0.4 is 0 Å². The first-order valence-corrected chi connectivity index (χ1v) is 5.92. The summed E-state index contributed by atoms with van der Waals surface area (Å²) in [7, 11) is 0. The van der Waals surface area contributed by atoms with Crippen molar-refractivity contribution in [2.45, 2.75) is 20.8 Å². The second kappa shape index (κ2) is 4.74. The molecule has 1 aromatic heterocycles. The molecule has 0 atom stereocenters. The zero-order valence-electron chi connectivity index (χ0n) is 10.6. The molecule has 1 heterocycles. The second-order valence-corrected chi connectivity index (χ2v) is 4.71. The maximum absolute atomic E-state index is 13.8. The molecule has 0 aliphatic heterocycles. The van der Waals surface area contributed by atoms with Gasteiger partial charge in [-0.05, 0) is 32.9 Å². The van der Waals surface area contributed by atoms with E-state index >= 15 is 0 Å². The Kier molecular flexibility index (Phi) is 3.41. The number of aromatic nitrogens is 2. The van der Waals surface area contributed by atoms with Gasteiger partial charge in [-0.15, -0.1) is 0 Å². The van der Waals surface area contributed by atoms with E-state index in [-0.39, 0.29) is 10.6 Å². The lowest BCUT2D eigenvalue weighted by Gasteiger charge is -2.08. The highest BCUT2D eigenvalue weighted by Gasteiger charge is 2.22. The zero-order valence-corrected chi connectivity index (χ0v) is 11.3. The van der Waals surface area contributed by atoms with Crippen LogP contribution in [0.4, 0.5) is 8.78 Å². The third-order valence-electron chi connectivity index (χ3n) is 2.82. The summed E-state index contributed by atoms with van der Waals surface area (Å²) in [6.07, 6.45) is 0. The normalized spacial score (nSPS) is 10.8. The average Bonchev–Trinajstić information content (AvgIpc) is 2.69. The third-order valence-corrected chi connectivity index (χ3v) is 3.21. The van der Waals surface area contributed by atoms with Crippen molar-refractivity contribution >= 4 is 17.5 Å². The van der Waals surface area contributed by atoms with Crippen molar-refractivity contribution < 1.29 is 13.6 Å². The molecule has 0 N–H and O–H groups in total. The minimum atomic E-state index is -1.21. The van der Waals surface area contributed by atoms with Crippen LogP contribution in [0.2, 0.25) is 5.02 Å². The molecule has 0 saturated carbocycles. The standard InChI is InChI=1S/C13H11ClF2N2O/c1-6-4-7(2)18(17-6)13(19)9-5-10(14)8(3)11(15)12(9)16/h4-5H,1-3H3. The van der Waals surface area contributed by atoms with E-state index in [1.807, 2.05) is 0 Å². The van der Waals surface area contributed by atoms with Crippen molar-refractivity contribution in [1.29, 1.82) is 0 Å². The topological polar surface area (TPSA) is 34.9 Å². The molecular formula is C13H11ClF2N2O. The molecule has 1 aromatic carbocycles. The number of benzene rings is 1. The summed E-state index contributed by atoms with van der Waals surface area (Å²) >= 11 is 5.78. The first-order valence-electron chi connectivity index (χ1n) is 5.55. The maximum Gasteiger partial charge on any atom is 0.281 e. The number of rotatable bonds is 1. The summed E-state index contributed by atoms with van der Waals surface area (Å²) in [4.78, 5) is 12.2. The van der Waals surface area contributed by atoms with Gasteiger partial charge in [0, 0.05) is 16.3 Å².